The monoisotopic (exact) mass is 465 g/mol. The van der Waals surface area contributed by atoms with Gasteiger partial charge in [0.25, 0.3) is 0 Å². The summed E-state index contributed by atoms with van der Waals surface area (Å²) in [5, 5.41) is 3.50. The molecule has 5 aromatic rings. The number of para-hydroxylation sites is 1. The summed E-state index contributed by atoms with van der Waals surface area (Å²) in [4.78, 5) is 11.9. The Morgan fingerprint density at radius 3 is 1.61 bits per heavy atom. The smallest absolute Gasteiger partial charge is 0.194 e. The topological polar surface area (TPSA) is 29.1 Å². The number of anilines is 2. The molecule has 7 rings (SSSR count). The van der Waals surface area contributed by atoms with Gasteiger partial charge in [-0.25, -0.2) is 0 Å². The van der Waals surface area contributed by atoms with Crippen molar-refractivity contribution in [3.63, 3.8) is 0 Å². The fourth-order valence-corrected chi connectivity index (χ4v) is 5.45. The zero-order valence-electron chi connectivity index (χ0n) is 20.5. The van der Waals surface area contributed by atoms with E-state index in [2.05, 4.69) is 85.9 Å². The van der Waals surface area contributed by atoms with Crippen molar-refractivity contribution in [3.8, 4) is 22.3 Å². The number of carbonyl (C=O) groups is 1. The molecule has 0 aromatic heterocycles. The van der Waals surface area contributed by atoms with Crippen LogP contribution >= 0.6 is 0 Å². The van der Waals surface area contributed by atoms with Crippen LogP contribution in [0.3, 0.4) is 0 Å². The van der Waals surface area contributed by atoms with Crippen LogP contribution in [0.15, 0.2) is 121 Å². The molecule has 0 heterocycles. The third-order valence-corrected chi connectivity index (χ3v) is 7.28. The minimum atomic E-state index is 0.0559. The van der Waals surface area contributed by atoms with Crippen LogP contribution in [0.25, 0.3) is 22.3 Å². The van der Waals surface area contributed by atoms with E-state index in [1.807, 2.05) is 54.6 Å². The van der Waals surface area contributed by atoms with E-state index < -0.39 is 0 Å². The molecule has 2 nitrogen and oxygen atoms in total. The van der Waals surface area contributed by atoms with Gasteiger partial charge in [-0.05, 0) is 57.6 Å². The molecule has 0 bridgehead atoms. The van der Waals surface area contributed by atoms with Crippen molar-refractivity contribution in [1.82, 2.24) is 0 Å². The summed E-state index contributed by atoms with van der Waals surface area (Å²) in [6.07, 6.45) is 0. The van der Waals surface area contributed by atoms with Gasteiger partial charge >= 0.3 is 0 Å². The van der Waals surface area contributed by atoms with E-state index >= 15 is 0 Å². The van der Waals surface area contributed by atoms with E-state index in [9.17, 15) is 4.79 Å². The molecule has 2 heteroatoms. The Kier molecular flexibility index (Phi) is 5.30. The van der Waals surface area contributed by atoms with Gasteiger partial charge in [0.05, 0.1) is 0 Å². The highest BCUT2D eigenvalue weighted by atomic mass is 16.1. The van der Waals surface area contributed by atoms with Crippen molar-refractivity contribution in [2.45, 2.75) is 19.3 Å². The average Bonchev–Trinajstić information content (AvgIpc) is 3.34. The molecule has 0 atom stereocenters. The van der Waals surface area contributed by atoms with Crippen molar-refractivity contribution in [3.05, 3.63) is 144 Å². The summed E-state index contributed by atoms with van der Waals surface area (Å²) in [7, 11) is 0. The van der Waals surface area contributed by atoms with Crippen LogP contribution in [0.4, 0.5) is 11.4 Å². The van der Waals surface area contributed by atoms with Crippen molar-refractivity contribution in [2.24, 2.45) is 0 Å². The Balaban J connectivity index is 0.000000147. The minimum absolute atomic E-state index is 0.0559. The van der Waals surface area contributed by atoms with Crippen LogP contribution in [0, 0.1) is 0 Å². The number of carbonyl (C=O) groups excluding carboxylic acids is 1. The standard InChI is InChI=1S/C21H19N.C13H8O/c1-21(2)19-11-7-6-10-17(19)18-13-12-16(14-20(18)21)22-15-8-4-3-5-9-15;14-13-11-7-3-1-5-9(11)10-6-2-4-8-12(10)13/h3-14,22H,1-2H3;1-8H. The zero-order valence-corrected chi connectivity index (χ0v) is 20.5. The third-order valence-electron chi connectivity index (χ3n) is 7.28. The Bertz CT molecular complexity index is 1550. The first-order valence-corrected chi connectivity index (χ1v) is 12.3. The fourth-order valence-electron chi connectivity index (χ4n) is 5.45. The molecule has 2 aliphatic carbocycles. The lowest BCUT2D eigenvalue weighted by Crippen LogP contribution is -2.15. The molecule has 0 saturated carbocycles. The van der Waals surface area contributed by atoms with Gasteiger partial charge < -0.3 is 5.32 Å². The van der Waals surface area contributed by atoms with E-state index in [0.717, 1.165) is 33.6 Å². The lowest BCUT2D eigenvalue weighted by molar-refractivity contribution is 0.104. The quantitative estimate of drug-likeness (QED) is 0.277. The number of rotatable bonds is 2. The van der Waals surface area contributed by atoms with E-state index in [0.29, 0.717) is 0 Å². The second-order valence-electron chi connectivity index (χ2n) is 9.84. The number of ketones is 1. The number of benzene rings is 5. The number of nitrogens with one attached hydrogen (secondary N) is 1. The van der Waals surface area contributed by atoms with Gasteiger partial charge in [-0.15, -0.1) is 0 Å². The van der Waals surface area contributed by atoms with Gasteiger partial charge in [0, 0.05) is 27.9 Å². The molecule has 0 aliphatic heterocycles. The lowest BCUT2D eigenvalue weighted by Gasteiger charge is -2.22. The van der Waals surface area contributed by atoms with Crippen LogP contribution in [0.1, 0.15) is 40.9 Å². The van der Waals surface area contributed by atoms with Gasteiger partial charge in [-0.3, -0.25) is 4.79 Å². The summed E-state index contributed by atoms with van der Waals surface area (Å²) in [6, 6.07) is 41.3. The van der Waals surface area contributed by atoms with Crippen LogP contribution in [-0.2, 0) is 5.41 Å². The molecular formula is C34H27NO. The van der Waals surface area contributed by atoms with Gasteiger partial charge in [-0.2, -0.15) is 0 Å². The fraction of sp³-hybridized carbons (Fsp3) is 0.0882. The first kappa shape index (κ1) is 22.1. The molecule has 0 saturated heterocycles. The molecule has 0 spiro atoms. The number of hydrogen-bond acceptors (Lipinski definition) is 2. The molecule has 36 heavy (non-hydrogen) atoms. The van der Waals surface area contributed by atoms with Gasteiger partial charge in [0.2, 0.25) is 0 Å². The highest BCUT2D eigenvalue weighted by molar-refractivity contribution is 6.21. The van der Waals surface area contributed by atoms with Crippen LogP contribution < -0.4 is 5.32 Å². The molecular weight excluding hydrogens is 438 g/mol. The largest absolute Gasteiger partial charge is 0.356 e. The van der Waals surface area contributed by atoms with Crippen molar-refractivity contribution in [1.29, 1.82) is 0 Å². The second-order valence-corrected chi connectivity index (χ2v) is 9.84. The van der Waals surface area contributed by atoms with Crippen LogP contribution in [-0.4, -0.2) is 5.78 Å². The predicted octanol–water partition coefficient (Wildman–Crippen LogP) is 8.63. The molecule has 174 valence electrons. The van der Waals surface area contributed by atoms with Crippen molar-refractivity contribution >= 4 is 17.2 Å². The molecule has 5 aromatic carbocycles. The maximum atomic E-state index is 11.9. The number of fused-ring (bicyclic) bond motifs is 6. The summed E-state index contributed by atoms with van der Waals surface area (Å²) in [6.45, 7) is 4.62. The summed E-state index contributed by atoms with van der Waals surface area (Å²) in [5.41, 5.74) is 11.6. The van der Waals surface area contributed by atoms with Crippen LogP contribution in [0.2, 0.25) is 0 Å². The first-order valence-electron chi connectivity index (χ1n) is 12.3. The second kappa shape index (κ2) is 8.66. The molecule has 0 radical (unpaired) electrons. The van der Waals surface area contributed by atoms with Gasteiger partial charge in [-0.1, -0.05) is 111 Å². The Labute approximate surface area is 212 Å². The Morgan fingerprint density at radius 2 is 0.972 bits per heavy atom. The van der Waals surface area contributed by atoms with E-state index in [1.165, 1.54) is 22.3 Å². The average molecular weight is 466 g/mol. The van der Waals surface area contributed by atoms with Gasteiger partial charge in [0.15, 0.2) is 5.78 Å². The molecule has 2 aliphatic rings. The van der Waals surface area contributed by atoms with Crippen molar-refractivity contribution in [2.75, 3.05) is 5.32 Å². The SMILES string of the molecule is CC1(C)c2ccccc2-c2ccc(Nc3ccccc3)cc21.O=C1c2ccccc2-c2ccccc21. The molecule has 0 unspecified atom stereocenters. The predicted molar refractivity (Wildman–Crippen MR) is 149 cm³/mol. The summed E-state index contributed by atoms with van der Waals surface area (Å²) < 4.78 is 0. The highest BCUT2D eigenvalue weighted by Crippen LogP contribution is 2.49. The van der Waals surface area contributed by atoms with Crippen molar-refractivity contribution < 1.29 is 4.79 Å². The normalized spacial score (nSPS) is 13.6. The van der Waals surface area contributed by atoms with E-state index in [1.54, 1.807) is 0 Å². The minimum Gasteiger partial charge on any atom is -0.356 e. The third kappa shape index (κ3) is 3.63. The maximum absolute atomic E-state index is 11.9. The molecule has 0 fully saturated rings. The van der Waals surface area contributed by atoms with E-state index in [-0.39, 0.29) is 11.2 Å². The molecule has 0 amide bonds. The van der Waals surface area contributed by atoms with E-state index in [4.69, 9.17) is 0 Å². The van der Waals surface area contributed by atoms with Gasteiger partial charge in [0.1, 0.15) is 0 Å². The molecule has 1 N–H and O–H groups in total. The summed E-state index contributed by atoms with van der Waals surface area (Å²) in [5.74, 6) is 0.149. The Hall–Kier alpha value is -4.43. The zero-order chi connectivity index (χ0) is 24.7. The Morgan fingerprint density at radius 1 is 0.472 bits per heavy atom. The van der Waals surface area contributed by atoms with Crippen LogP contribution in [0.5, 0.6) is 0 Å². The number of hydrogen-bond donors (Lipinski definition) is 1. The lowest BCUT2D eigenvalue weighted by atomic mass is 9.82. The maximum Gasteiger partial charge on any atom is 0.194 e. The first-order chi connectivity index (χ1) is 17.5. The highest BCUT2D eigenvalue weighted by Gasteiger charge is 2.35. The summed E-state index contributed by atoms with van der Waals surface area (Å²) >= 11 is 0.